The second kappa shape index (κ2) is 4.40. The van der Waals surface area contributed by atoms with Crippen LogP contribution < -0.4 is 5.32 Å². The minimum absolute atomic E-state index is 0.0172. The first kappa shape index (κ1) is 7.82. The second-order valence-corrected chi connectivity index (χ2v) is 3.74. The smallest absolute Gasteiger partial charge is 0.214 e. The molecule has 2 rings (SSSR count). The minimum Gasteiger partial charge on any atom is -0.355 e. The highest BCUT2D eigenvalue weighted by molar-refractivity contribution is 9.10. The average molecular weight is 271 g/mol. The van der Waals surface area contributed by atoms with E-state index < -0.39 is 12.0 Å². The number of halogens is 2. The van der Waals surface area contributed by atoms with Gasteiger partial charge in [-0.3, -0.25) is 0 Å². The molecular weight excluding hydrogens is 259 g/mol. The fourth-order valence-electron chi connectivity index (χ4n) is 1.10. The van der Waals surface area contributed by atoms with Crippen LogP contribution in [0.4, 0.5) is 15.8 Å². The van der Waals surface area contributed by atoms with E-state index in [2.05, 4.69) is 26.2 Å². The Morgan fingerprint density at radius 2 is 2.27 bits per heavy atom. The lowest BCUT2D eigenvalue weighted by Crippen LogP contribution is -1.91. The first-order valence-corrected chi connectivity index (χ1v) is 5.01. The van der Waals surface area contributed by atoms with Gasteiger partial charge in [0.2, 0.25) is 5.95 Å². The highest BCUT2D eigenvalue weighted by atomic mass is 79.9. The van der Waals surface area contributed by atoms with Crippen molar-refractivity contribution < 1.29 is 7.13 Å². The highest BCUT2D eigenvalue weighted by Gasteiger charge is 1.97. The van der Waals surface area contributed by atoms with Crippen LogP contribution in [0, 0.1) is 5.95 Å². The fraction of sp³-hybridized carbons (Fsp3) is 0. The molecule has 0 atom stereocenters. The summed E-state index contributed by atoms with van der Waals surface area (Å²) in [6.07, 6.45) is 1.08. The summed E-state index contributed by atoms with van der Waals surface area (Å²) < 4.78 is 29.1. The van der Waals surface area contributed by atoms with E-state index in [9.17, 15) is 4.39 Å². The van der Waals surface area contributed by atoms with E-state index in [0.29, 0.717) is 5.69 Å². The van der Waals surface area contributed by atoms with Crippen molar-refractivity contribution in [3.05, 3.63) is 53.0 Å². The summed E-state index contributed by atoms with van der Waals surface area (Å²) in [4.78, 5) is 3.31. The van der Waals surface area contributed by atoms with Gasteiger partial charge in [-0.1, -0.05) is 22.0 Å². The van der Waals surface area contributed by atoms with Gasteiger partial charge in [0.25, 0.3) is 0 Å². The zero-order chi connectivity index (χ0) is 12.4. The average Bonchev–Trinajstić information content (AvgIpc) is 2.30. The van der Waals surface area contributed by atoms with Gasteiger partial charge in [0, 0.05) is 28.1 Å². The standard InChI is InChI=1S/C11H8BrFN2/c12-8-2-1-3-9(6-8)15-10-4-5-14-11(13)7-10/h1-7H,(H,14,15)/i4T,7T. The predicted octanol–water partition coefficient (Wildman–Crippen LogP) is 3.73. The molecule has 0 spiro atoms. The van der Waals surface area contributed by atoms with Crippen molar-refractivity contribution in [1.82, 2.24) is 4.98 Å². The molecule has 1 heterocycles. The largest absolute Gasteiger partial charge is 0.355 e. The maximum absolute atomic E-state index is 13.1. The van der Waals surface area contributed by atoms with Crippen molar-refractivity contribution in [3.63, 3.8) is 0 Å². The van der Waals surface area contributed by atoms with E-state index >= 15 is 0 Å². The zero-order valence-corrected chi connectivity index (χ0v) is 9.18. The van der Waals surface area contributed by atoms with Gasteiger partial charge in [-0.2, -0.15) is 4.39 Å². The lowest BCUT2D eigenvalue weighted by atomic mass is 10.3. The Kier molecular flexibility index (Phi) is 2.29. The molecule has 0 fully saturated rings. The van der Waals surface area contributed by atoms with Crippen LogP contribution in [0.5, 0.6) is 0 Å². The molecule has 0 aliphatic heterocycles. The van der Waals surface area contributed by atoms with Crippen LogP contribution in [-0.2, 0) is 0 Å². The molecule has 2 aromatic rings. The Balaban J connectivity index is 2.39. The Morgan fingerprint density at radius 1 is 1.40 bits per heavy atom. The molecule has 15 heavy (non-hydrogen) atoms. The number of aromatic nitrogens is 1. The summed E-state index contributed by atoms with van der Waals surface area (Å²) in [6, 6.07) is 6.77. The van der Waals surface area contributed by atoms with Crippen LogP contribution in [0.25, 0.3) is 0 Å². The van der Waals surface area contributed by atoms with Crippen molar-refractivity contribution in [2.75, 3.05) is 5.32 Å². The van der Waals surface area contributed by atoms with Gasteiger partial charge in [0.1, 0.15) is 0 Å². The van der Waals surface area contributed by atoms with Gasteiger partial charge in [-0.05, 0) is 24.2 Å². The predicted molar refractivity (Wildman–Crippen MR) is 61.6 cm³/mol. The molecule has 4 heteroatoms. The molecule has 0 bridgehead atoms. The third kappa shape index (κ3) is 2.76. The topological polar surface area (TPSA) is 24.9 Å². The van der Waals surface area contributed by atoms with Crippen molar-refractivity contribution in [2.24, 2.45) is 0 Å². The highest BCUT2D eigenvalue weighted by Crippen LogP contribution is 2.20. The Hall–Kier alpha value is -1.42. The number of hydrogen-bond donors (Lipinski definition) is 1. The molecule has 0 saturated carbocycles. The van der Waals surface area contributed by atoms with E-state index in [0.717, 1.165) is 10.7 Å². The fourth-order valence-corrected chi connectivity index (χ4v) is 1.50. The Bertz CT molecular complexity index is 563. The third-order valence-corrected chi connectivity index (χ3v) is 2.20. The molecule has 2 nitrogen and oxygen atoms in total. The monoisotopic (exact) mass is 270 g/mol. The summed E-state index contributed by atoms with van der Waals surface area (Å²) in [7, 11) is 0. The van der Waals surface area contributed by atoms with Gasteiger partial charge >= 0.3 is 0 Å². The molecule has 1 aromatic heterocycles. The number of benzene rings is 1. The van der Waals surface area contributed by atoms with Gasteiger partial charge in [-0.15, -0.1) is 0 Å². The summed E-state index contributed by atoms with van der Waals surface area (Å²) in [5, 5.41) is 2.84. The van der Waals surface area contributed by atoms with Crippen LogP contribution >= 0.6 is 15.9 Å². The van der Waals surface area contributed by atoms with Crippen molar-refractivity contribution in [2.45, 2.75) is 0 Å². The Labute approximate surface area is 98.1 Å². The quantitative estimate of drug-likeness (QED) is 0.842. The Morgan fingerprint density at radius 3 is 3.07 bits per heavy atom. The normalized spacial score (nSPS) is 11.9. The molecule has 0 unspecified atom stereocenters. The van der Waals surface area contributed by atoms with Crippen molar-refractivity contribution in [1.29, 1.82) is 0 Å². The van der Waals surface area contributed by atoms with Gasteiger partial charge in [0.05, 0.1) is 2.74 Å². The first-order chi connectivity index (χ1) is 8.08. The number of hydrogen-bond acceptors (Lipinski definition) is 2. The van der Waals surface area contributed by atoms with E-state index in [1.54, 1.807) is 18.2 Å². The molecule has 0 saturated heterocycles. The third-order valence-electron chi connectivity index (χ3n) is 1.71. The number of anilines is 2. The molecule has 0 aliphatic carbocycles. The maximum Gasteiger partial charge on any atom is 0.214 e. The summed E-state index contributed by atoms with van der Waals surface area (Å²) in [5.74, 6) is -0.890. The van der Waals surface area contributed by atoms with Crippen molar-refractivity contribution in [3.8, 4) is 0 Å². The maximum atomic E-state index is 13.1. The van der Waals surface area contributed by atoms with Gasteiger partial charge in [-0.25, -0.2) is 4.98 Å². The molecule has 0 radical (unpaired) electrons. The molecule has 0 aliphatic rings. The summed E-state index contributed by atoms with van der Waals surface area (Å²) in [5.41, 5.74) is 0.780. The van der Waals surface area contributed by atoms with E-state index in [1.807, 2.05) is 6.07 Å². The number of nitrogens with one attached hydrogen (secondary N) is 1. The summed E-state index contributed by atoms with van der Waals surface area (Å²) >= 11 is 3.31. The first-order valence-electron chi connectivity index (χ1n) is 5.22. The molecule has 1 aromatic carbocycles. The van der Waals surface area contributed by atoms with Crippen molar-refractivity contribution >= 4 is 27.3 Å². The molecule has 76 valence electrons. The minimum atomic E-state index is -0.890. The second-order valence-electron chi connectivity index (χ2n) is 2.83. The zero-order valence-electron chi connectivity index (χ0n) is 9.59. The van der Waals surface area contributed by atoms with Crippen LogP contribution in [0.3, 0.4) is 0 Å². The van der Waals surface area contributed by atoms with Gasteiger partial charge < -0.3 is 5.32 Å². The van der Waals surface area contributed by atoms with E-state index in [4.69, 9.17) is 2.74 Å². The molecule has 1 N–H and O–H groups in total. The molecule has 0 amide bonds. The van der Waals surface area contributed by atoms with E-state index in [1.165, 1.54) is 0 Å². The lowest BCUT2D eigenvalue weighted by molar-refractivity contribution is 0.584. The number of pyridine rings is 1. The molecular formula is C11H8BrFN2. The number of rotatable bonds is 2. The van der Waals surface area contributed by atoms with Crippen LogP contribution in [-0.4, -0.2) is 4.98 Å². The van der Waals surface area contributed by atoms with Gasteiger partial charge in [0.15, 0.2) is 0 Å². The van der Waals surface area contributed by atoms with Crippen LogP contribution in [0.2, 0.25) is 0 Å². The lowest BCUT2D eigenvalue weighted by Gasteiger charge is -2.05. The van der Waals surface area contributed by atoms with E-state index in [-0.39, 0.29) is 11.7 Å². The number of nitrogens with zero attached hydrogens (tertiary/aromatic N) is 1. The van der Waals surface area contributed by atoms with Crippen LogP contribution in [0.1, 0.15) is 2.74 Å². The summed E-state index contributed by atoms with van der Waals surface area (Å²) in [6.45, 7) is 0. The SMILES string of the molecule is [3H]c1cnc(F)c([3H])c1Nc1cccc(Br)c1. The van der Waals surface area contributed by atoms with Crippen LogP contribution in [0.15, 0.2) is 47.0 Å².